The zero-order valence-corrected chi connectivity index (χ0v) is 12.9. The van der Waals surface area contributed by atoms with Crippen molar-refractivity contribution in [1.29, 1.82) is 0 Å². The molecule has 0 heterocycles. The van der Waals surface area contributed by atoms with Crippen molar-refractivity contribution in [3.05, 3.63) is 22.5 Å². The van der Waals surface area contributed by atoms with Crippen LogP contribution in [0.25, 0.3) is 0 Å². The Hall–Kier alpha value is -2.31. The van der Waals surface area contributed by atoms with Crippen LogP contribution in [0.3, 0.4) is 0 Å². The molecular weight excluding hydrogens is 292 g/mol. The molecule has 7 heteroatoms. The van der Waals surface area contributed by atoms with Gasteiger partial charge in [0.15, 0.2) is 0 Å². The number of carbonyl (C=O) groups excluding carboxylic acids is 3. The van der Waals surface area contributed by atoms with Gasteiger partial charge in [0.25, 0.3) is 0 Å². The molecule has 0 unspecified atom stereocenters. The third kappa shape index (κ3) is 3.87. The van der Waals surface area contributed by atoms with Crippen LogP contribution in [0, 0.1) is 0 Å². The number of allylic oxidation sites excluding steroid dienone is 1. The van der Waals surface area contributed by atoms with Crippen molar-refractivity contribution in [3.63, 3.8) is 0 Å². The Morgan fingerprint density at radius 2 is 1.27 bits per heavy atom. The molecule has 0 amide bonds. The van der Waals surface area contributed by atoms with Gasteiger partial charge in [-0.25, -0.2) is 14.4 Å². The maximum Gasteiger partial charge on any atom is 0.342 e. The molecule has 0 atom stereocenters. The fraction of sp³-hybridized carbons (Fsp3) is 0.533. The number of esters is 3. The van der Waals surface area contributed by atoms with Crippen LogP contribution in [0.2, 0.25) is 0 Å². The molecule has 7 nitrogen and oxygen atoms in total. The van der Waals surface area contributed by atoms with Gasteiger partial charge in [-0.15, -0.1) is 0 Å². The molecule has 1 rings (SSSR count). The van der Waals surface area contributed by atoms with Crippen molar-refractivity contribution < 1.29 is 33.7 Å². The first-order valence-electron chi connectivity index (χ1n) is 6.88. The van der Waals surface area contributed by atoms with Crippen LogP contribution in [0.1, 0.15) is 32.1 Å². The van der Waals surface area contributed by atoms with Gasteiger partial charge in [0.05, 0.1) is 32.5 Å². The molecule has 22 heavy (non-hydrogen) atoms. The molecule has 1 aliphatic carbocycles. The number of ether oxygens (including phenoxy) is 3. The van der Waals surface area contributed by atoms with Gasteiger partial charge in [-0.3, -0.25) is 0 Å². The quantitative estimate of drug-likeness (QED) is 0.624. The Balaban J connectivity index is 3.64. The maximum absolute atomic E-state index is 12.1. The highest BCUT2D eigenvalue weighted by molar-refractivity contribution is 6.12. The minimum Gasteiger partial charge on any atom is -0.511 e. The minimum absolute atomic E-state index is 0.00296. The van der Waals surface area contributed by atoms with Crippen molar-refractivity contribution >= 4 is 17.9 Å². The summed E-state index contributed by atoms with van der Waals surface area (Å²) in [5.41, 5.74) is -0.625. The molecule has 1 N–H and O–H groups in total. The van der Waals surface area contributed by atoms with Gasteiger partial charge in [-0.1, -0.05) is 6.42 Å². The van der Waals surface area contributed by atoms with Gasteiger partial charge in [0.2, 0.25) is 0 Å². The van der Waals surface area contributed by atoms with E-state index in [0.29, 0.717) is 12.8 Å². The van der Waals surface area contributed by atoms with Crippen molar-refractivity contribution in [3.8, 4) is 0 Å². The molecule has 0 saturated carbocycles. The second kappa shape index (κ2) is 8.21. The summed E-state index contributed by atoms with van der Waals surface area (Å²) in [4.78, 5) is 36.1. The lowest BCUT2D eigenvalue weighted by Crippen LogP contribution is -2.22. The Morgan fingerprint density at radius 3 is 1.82 bits per heavy atom. The Labute approximate surface area is 128 Å². The van der Waals surface area contributed by atoms with Crippen molar-refractivity contribution in [2.45, 2.75) is 32.1 Å². The number of hydrogen-bond donors (Lipinski definition) is 1. The smallest absolute Gasteiger partial charge is 0.342 e. The van der Waals surface area contributed by atoms with Gasteiger partial charge in [-0.2, -0.15) is 0 Å². The molecule has 0 radical (unpaired) electrons. The summed E-state index contributed by atoms with van der Waals surface area (Å²) in [6.45, 7) is 0. The van der Waals surface area contributed by atoms with E-state index in [1.54, 1.807) is 0 Å². The normalized spacial score (nSPS) is 16.3. The molecule has 0 aliphatic heterocycles. The second-order valence-corrected chi connectivity index (χ2v) is 4.71. The molecule has 0 aromatic heterocycles. The number of hydrogen-bond acceptors (Lipinski definition) is 7. The van der Waals surface area contributed by atoms with Crippen LogP contribution in [0.4, 0.5) is 0 Å². The van der Waals surface area contributed by atoms with E-state index in [9.17, 15) is 19.5 Å². The number of carbonyl (C=O) groups is 3. The highest BCUT2D eigenvalue weighted by Crippen LogP contribution is 2.29. The summed E-state index contributed by atoms with van der Waals surface area (Å²) in [7, 11) is 3.43. The highest BCUT2D eigenvalue weighted by Gasteiger charge is 2.33. The largest absolute Gasteiger partial charge is 0.511 e. The average Bonchev–Trinajstić information content (AvgIpc) is 2.61. The van der Waals surface area contributed by atoms with E-state index >= 15 is 0 Å². The van der Waals surface area contributed by atoms with Gasteiger partial charge >= 0.3 is 17.9 Å². The van der Waals surface area contributed by atoms with E-state index in [0.717, 1.165) is 20.6 Å². The summed E-state index contributed by atoms with van der Waals surface area (Å²) in [5.74, 6) is -2.83. The molecular formula is C15H20O7. The molecule has 0 fully saturated rings. The van der Waals surface area contributed by atoms with Gasteiger partial charge in [0.1, 0.15) is 11.3 Å². The molecule has 0 saturated heterocycles. The van der Waals surface area contributed by atoms with Gasteiger partial charge in [0, 0.05) is 6.42 Å². The molecule has 0 aromatic carbocycles. The standard InChI is InChI=1S/C15H20O7/c1-20-13(17)9-7-5-4-6-8-10(16)12(15(19)22-3)11(9)14(18)21-2/h16H,4-8H2,1-3H3. The Morgan fingerprint density at radius 1 is 0.773 bits per heavy atom. The van der Waals surface area contributed by atoms with E-state index in [4.69, 9.17) is 0 Å². The van der Waals surface area contributed by atoms with Crippen LogP contribution >= 0.6 is 0 Å². The predicted octanol–water partition coefficient (Wildman–Crippen LogP) is 1.58. The van der Waals surface area contributed by atoms with Crippen molar-refractivity contribution in [2.75, 3.05) is 21.3 Å². The number of rotatable bonds is 3. The van der Waals surface area contributed by atoms with Crippen LogP contribution in [-0.2, 0) is 28.6 Å². The third-order valence-electron chi connectivity index (χ3n) is 3.39. The number of methoxy groups -OCH3 is 3. The van der Waals surface area contributed by atoms with Crippen molar-refractivity contribution in [1.82, 2.24) is 0 Å². The lowest BCUT2D eigenvalue weighted by molar-refractivity contribution is -0.141. The number of aliphatic hydroxyl groups excluding tert-OH is 1. The highest BCUT2D eigenvalue weighted by atomic mass is 16.5. The fourth-order valence-electron chi connectivity index (χ4n) is 2.29. The summed E-state index contributed by atoms with van der Waals surface area (Å²) in [6, 6.07) is 0. The van der Waals surface area contributed by atoms with Crippen LogP contribution < -0.4 is 0 Å². The predicted molar refractivity (Wildman–Crippen MR) is 75.8 cm³/mol. The maximum atomic E-state index is 12.1. The lowest BCUT2D eigenvalue weighted by atomic mass is 9.95. The van der Waals surface area contributed by atoms with E-state index < -0.39 is 17.9 Å². The molecule has 0 spiro atoms. The van der Waals surface area contributed by atoms with Crippen molar-refractivity contribution in [2.24, 2.45) is 0 Å². The van der Waals surface area contributed by atoms with Gasteiger partial charge in [-0.05, 0) is 19.3 Å². The SMILES string of the molecule is COC(=O)C1=C(C(=O)OC)C(C(=O)OC)=C(O)CCCCC1. The summed E-state index contributed by atoms with van der Waals surface area (Å²) < 4.78 is 14.0. The topological polar surface area (TPSA) is 99.1 Å². The molecule has 0 bridgehead atoms. The Kier molecular flexibility index (Phi) is 6.62. The first-order chi connectivity index (χ1) is 10.5. The fourth-order valence-corrected chi connectivity index (χ4v) is 2.29. The summed E-state index contributed by atoms with van der Waals surface area (Å²) in [5, 5.41) is 10.2. The van der Waals surface area contributed by atoms with E-state index in [-0.39, 0.29) is 35.3 Å². The number of aliphatic hydroxyl groups is 1. The molecule has 1 aliphatic rings. The lowest BCUT2D eigenvalue weighted by Gasteiger charge is -2.14. The average molecular weight is 312 g/mol. The molecule has 122 valence electrons. The van der Waals surface area contributed by atoms with E-state index in [1.807, 2.05) is 0 Å². The monoisotopic (exact) mass is 312 g/mol. The van der Waals surface area contributed by atoms with Gasteiger partial charge < -0.3 is 19.3 Å². The first-order valence-corrected chi connectivity index (χ1v) is 6.88. The molecule has 0 aromatic rings. The first kappa shape index (κ1) is 17.7. The second-order valence-electron chi connectivity index (χ2n) is 4.71. The zero-order chi connectivity index (χ0) is 16.7. The summed E-state index contributed by atoms with van der Waals surface area (Å²) in [6.07, 6.45) is 2.42. The van der Waals surface area contributed by atoms with Crippen LogP contribution in [0.5, 0.6) is 0 Å². The summed E-state index contributed by atoms with van der Waals surface area (Å²) >= 11 is 0. The van der Waals surface area contributed by atoms with E-state index in [2.05, 4.69) is 14.2 Å². The Bertz CT molecular complexity index is 528. The van der Waals surface area contributed by atoms with Crippen LogP contribution in [-0.4, -0.2) is 44.3 Å². The zero-order valence-electron chi connectivity index (χ0n) is 12.9. The van der Waals surface area contributed by atoms with Crippen LogP contribution in [0.15, 0.2) is 22.5 Å². The third-order valence-corrected chi connectivity index (χ3v) is 3.39. The minimum atomic E-state index is -0.902. The van der Waals surface area contributed by atoms with E-state index in [1.165, 1.54) is 7.11 Å².